The van der Waals surface area contributed by atoms with Crippen LogP contribution in [0, 0.1) is 0 Å². The Morgan fingerprint density at radius 2 is 1.66 bits per heavy atom. The second-order valence-corrected chi connectivity index (χ2v) is 9.97. The molecule has 150 valence electrons. The van der Waals surface area contributed by atoms with Gasteiger partial charge >= 0.3 is 0 Å². The lowest BCUT2D eigenvalue weighted by Gasteiger charge is -2.28. The molecule has 0 spiro atoms. The minimum atomic E-state index is -3.29. The van der Waals surface area contributed by atoms with Gasteiger partial charge in [0, 0.05) is 30.5 Å². The average Bonchev–Trinajstić information content (AvgIpc) is 3.19. The van der Waals surface area contributed by atoms with E-state index in [0.717, 1.165) is 35.5 Å². The summed E-state index contributed by atoms with van der Waals surface area (Å²) >= 11 is 1.48. The van der Waals surface area contributed by atoms with Crippen LogP contribution in [-0.2, 0) is 14.6 Å². The smallest absolute Gasteiger partial charge is 0.203 e. The highest BCUT2D eigenvalue weighted by atomic mass is 32.2. The second kappa shape index (κ2) is 8.10. The lowest BCUT2D eigenvalue weighted by molar-refractivity contribution is 0.104. The predicted octanol–water partition coefficient (Wildman–Crippen LogP) is 3.89. The fourth-order valence-electron chi connectivity index (χ4n) is 3.31. The number of hydrogen-bond donors (Lipinski definition) is 0. The van der Waals surface area contributed by atoms with Gasteiger partial charge in [0.25, 0.3) is 0 Å². The van der Waals surface area contributed by atoms with Crippen molar-refractivity contribution in [3.8, 4) is 11.1 Å². The van der Waals surface area contributed by atoms with Crippen molar-refractivity contribution in [2.75, 3.05) is 37.5 Å². The third-order valence-corrected chi connectivity index (χ3v) is 7.19. The van der Waals surface area contributed by atoms with Crippen LogP contribution >= 0.6 is 11.3 Å². The largest absolute Gasteiger partial charge is 0.378 e. The molecule has 0 aliphatic carbocycles. The van der Waals surface area contributed by atoms with Crippen molar-refractivity contribution in [1.82, 2.24) is 0 Å². The van der Waals surface area contributed by atoms with E-state index < -0.39 is 9.84 Å². The van der Waals surface area contributed by atoms with Crippen LogP contribution in [0.4, 0.5) is 5.00 Å². The molecule has 3 aromatic rings. The van der Waals surface area contributed by atoms with Crippen molar-refractivity contribution in [2.45, 2.75) is 4.90 Å². The Morgan fingerprint density at radius 1 is 1.00 bits per heavy atom. The van der Waals surface area contributed by atoms with E-state index in [1.165, 1.54) is 23.5 Å². The molecule has 0 saturated carbocycles. The summed E-state index contributed by atoms with van der Waals surface area (Å²) in [5.74, 6) is -0.105. The summed E-state index contributed by atoms with van der Waals surface area (Å²) in [7, 11) is -3.29. The third kappa shape index (κ3) is 4.27. The van der Waals surface area contributed by atoms with Crippen LogP contribution in [0.5, 0.6) is 0 Å². The van der Waals surface area contributed by atoms with Crippen LogP contribution in [0.25, 0.3) is 11.1 Å². The van der Waals surface area contributed by atoms with Crippen molar-refractivity contribution in [3.63, 3.8) is 0 Å². The first-order valence-corrected chi connectivity index (χ1v) is 12.0. The number of carbonyl (C=O) groups is 1. The summed E-state index contributed by atoms with van der Waals surface area (Å²) in [6, 6.07) is 18.1. The summed E-state index contributed by atoms with van der Waals surface area (Å²) in [5, 5.41) is 1.07. The van der Waals surface area contributed by atoms with Gasteiger partial charge in [0.2, 0.25) is 5.78 Å². The number of ketones is 1. The predicted molar refractivity (Wildman–Crippen MR) is 116 cm³/mol. The molecule has 2 heterocycles. The van der Waals surface area contributed by atoms with Gasteiger partial charge < -0.3 is 9.64 Å². The van der Waals surface area contributed by atoms with Crippen molar-refractivity contribution in [2.24, 2.45) is 0 Å². The van der Waals surface area contributed by atoms with E-state index in [2.05, 4.69) is 4.90 Å². The summed E-state index contributed by atoms with van der Waals surface area (Å²) < 4.78 is 28.8. The molecule has 1 fully saturated rings. The maximum Gasteiger partial charge on any atom is 0.203 e. The number of sulfone groups is 1. The average molecular weight is 428 g/mol. The second-order valence-electron chi connectivity index (χ2n) is 6.92. The van der Waals surface area contributed by atoms with Crippen LogP contribution in [0.15, 0.2) is 65.6 Å². The van der Waals surface area contributed by atoms with E-state index in [1.54, 1.807) is 12.1 Å². The quantitative estimate of drug-likeness (QED) is 0.578. The fraction of sp³-hybridized carbons (Fsp3) is 0.227. The zero-order chi connectivity index (χ0) is 20.4. The Balaban J connectivity index is 1.72. The van der Waals surface area contributed by atoms with E-state index in [1.807, 2.05) is 36.4 Å². The number of nitrogens with zero attached hydrogens (tertiary/aromatic N) is 1. The standard InChI is InChI=1S/C22H21NO4S2/c1-29(25,26)18-9-7-17(8-10-18)21(24)20-15-19(16-5-3-2-4-6-16)22(28-20)23-11-13-27-14-12-23/h2-10,15H,11-14H2,1H3. The Bertz CT molecular complexity index is 1110. The van der Waals surface area contributed by atoms with Crippen LogP contribution in [0.2, 0.25) is 0 Å². The first-order valence-electron chi connectivity index (χ1n) is 9.30. The van der Waals surface area contributed by atoms with E-state index in [4.69, 9.17) is 4.74 Å². The number of morpholine rings is 1. The van der Waals surface area contributed by atoms with Gasteiger partial charge in [0.1, 0.15) is 0 Å². The molecule has 7 heteroatoms. The van der Waals surface area contributed by atoms with Gasteiger partial charge in [-0.05, 0) is 35.9 Å². The van der Waals surface area contributed by atoms with Crippen LogP contribution in [0.3, 0.4) is 0 Å². The number of hydrogen-bond acceptors (Lipinski definition) is 6. The maximum atomic E-state index is 13.1. The number of anilines is 1. The SMILES string of the molecule is CS(=O)(=O)c1ccc(C(=O)c2cc(-c3ccccc3)c(N3CCOCC3)s2)cc1. The van der Waals surface area contributed by atoms with Crippen LogP contribution < -0.4 is 4.90 Å². The van der Waals surface area contributed by atoms with Gasteiger partial charge in [0.15, 0.2) is 9.84 Å². The zero-order valence-corrected chi connectivity index (χ0v) is 17.6. The third-order valence-electron chi connectivity index (χ3n) is 4.86. The first kappa shape index (κ1) is 19.8. The zero-order valence-electron chi connectivity index (χ0n) is 16.0. The highest BCUT2D eigenvalue weighted by molar-refractivity contribution is 7.90. The Hall–Kier alpha value is -2.48. The highest BCUT2D eigenvalue weighted by Gasteiger charge is 2.22. The minimum absolute atomic E-state index is 0.105. The Labute approximate surface area is 174 Å². The Kier molecular flexibility index (Phi) is 5.54. The number of ether oxygens (including phenoxy) is 1. The molecule has 0 bridgehead atoms. The summed E-state index contributed by atoms with van der Waals surface area (Å²) in [5.41, 5.74) is 2.58. The lowest BCUT2D eigenvalue weighted by atomic mass is 10.1. The molecular weight excluding hydrogens is 406 g/mol. The van der Waals surface area contributed by atoms with Crippen molar-refractivity contribution in [3.05, 3.63) is 71.1 Å². The maximum absolute atomic E-state index is 13.1. The van der Waals surface area contributed by atoms with E-state index >= 15 is 0 Å². The Morgan fingerprint density at radius 3 is 2.28 bits per heavy atom. The number of carbonyl (C=O) groups excluding carboxylic acids is 1. The van der Waals surface area contributed by atoms with Crippen molar-refractivity contribution < 1.29 is 17.9 Å². The molecule has 1 aliphatic heterocycles. The summed E-state index contributed by atoms with van der Waals surface area (Å²) in [4.78, 5) is 16.2. The summed E-state index contributed by atoms with van der Waals surface area (Å²) in [6.45, 7) is 2.92. The van der Waals surface area contributed by atoms with Crippen molar-refractivity contribution in [1.29, 1.82) is 0 Å². The molecular formula is C22H21NO4S2. The molecule has 0 unspecified atom stereocenters. The normalized spacial score (nSPS) is 14.7. The highest BCUT2D eigenvalue weighted by Crippen LogP contribution is 2.40. The molecule has 5 nitrogen and oxygen atoms in total. The van der Waals surface area contributed by atoms with Gasteiger partial charge in [-0.15, -0.1) is 11.3 Å². The topological polar surface area (TPSA) is 63.7 Å². The number of thiophene rings is 1. The molecule has 1 aliphatic rings. The van der Waals surface area contributed by atoms with Gasteiger partial charge in [-0.3, -0.25) is 4.79 Å². The molecule has 2 aromatic carbocycles. The van der Waals surface area contributed by atoms with E-state index in [9.17, 15) is 13.2 Å². The van der Waals surface area contributed by atoms with Crippen LogP contribution in [-0.4, -0.2) is 46.8 Å². The number of rotatable bonds is 5. The summed E-state index contributed by atoms with van der Waals surface area (Å²) in [6.07, 6.45) is 1.16. The molecule has 1 aromatic heterocycles. The fourth-order valence-corrected chi connectivity index (χ4v) is 5.14. The van der Waals surface area contributed by atoms with Crippen molar-refractivity contribution >= 4 is 32.0 Å². The lowest BCUT2D eigenvalue weighted by Crippen LogP contribution is -2.35. The van der Waals surface area contributed by atoms with Crippen LogP contribution in [0.1, 0.15) is 15.2 Å². The molecule has 0 amide bonds. The number of benzene rings is 2. The minimum Gasteiger partial charge on any atom is -0.378 e. The monoisotopic (exact) mass is 427 g/mol. The molecule has 0 N–H and O–H groups in total. The molecule has 0 radical (unpaired) electrons. The van der Waals surface area contributed by atoms with Gasteiger partial charge in [-0.25, -0.2) is 8.42 Å². The first-order chi connectivity index (χ1) is 13.9. The van der Waals surface area contributed by atoms with E-state index in [0.29, 0.717) is 23.7 Å². The van der Waals surface area contributed by atoms with E-state index in [-0.39, 0.29) is 10.7 Å². The van der Waals surface area contributed by atoms with Gasteiger partial charge in [-0.2, -0.15) is 0 Å². The van der Waals surface area contributed by atoms with Gasteiger partial charge in [0.05, 0.1) is 28.0 Å². The molecule has 0 atom stereocenters. The van der Waals surface area contributed by atoms with Gasteiger partial charge in [-0.1, -0.05) is 30.3 Å². The molecule has 29 heavy (non-hydrogen) atoms. The molecule has 4 rings (SSSR count). The molecule has 1 saturated heterocycles.